The van der Waals surface area contributed by atoms with Crippen molar-refractivity contribution in [2.45, 2.75) is 19.8 Å². The largest absolute Gasteiger partial charge is 0.497 e. The van der Waals surface area contributed by atoms with Gasteiger partial charge in [-0.05, 0) is 55.7 Å². The summed E-state index contributed by atoms with van der Waals surface area (Å²) in [5, 5.41) is 4.63. The van der Waals surface area contributed by atoms with E-state index in [1.807, 2.05) is 37.3 Å². The topological polar surface area (TPSA) is 54.5 Å². The van der Waals surface area contributed by atoms with Crippen LogP contribution in [0.1, 0.15) is 18.4 Å². The van der Waals surface area contributed by atoms with Gasteiger partial charge in [0.15, 0.2) is 5.13 Å². The highest BCUT2D eigenvalue weighted by atomic mass is 35.5. The molecule has 3 aromatic rings. The number of aryl methyl sites for hydroxylation is 1. The van der Waals surface area contributed by atoms with Crippen molar-refractivity contribution in [3.63, 3.8) is 0 Å². The normalized spacial score (nSPS) is 17.0. The summed E-state index contributed by atoms with van der Waals surface area (Å²) in [6.07, 6.45) is 1.84. The Morgan fingerprint density at radius 3 is 3.00 bits per heavy atom. The van der Waals surface area contributed by atoms with Gasteiger partial charge in [-0.15, -0.1) is 0 Å². The van der Waals surface area contributed by atoms with Crippen molar-refractivity contribution in [2.75, 3.05) is 30.4 Å². The molecule has 1 N–H and O–H groups in total. The number of aromatic nitrogens is 1. The Balaban J connectivity index is 1.49. The molecule has 1 unspecified atom stereocenters. The lowest BCUT2D eigenvalue weighted by Gasteiger charge is -2.31. The zero-order valence-corrected chi connectivity index (χ0v) is 17.4. The molecular formula is C21H22ClN3O2S. The van der Waals surface area contributed by atoms with Crippen LogP contribution in [0, 0.1) is 12.8 Å². The summed E-state index contributed by atoms with van der Waals surface area (Å²) in [5.74, 6) is 0.794. The third kappa shape index (κ3) is 3.93. The predicted molar refractivity (Wildman–Crippen MR) is 116 cm³/mol. The standard InChI is InChI=1S/C21H22ClN3O2S/c1-13-5-6-15(22)10-18(13)23-20(26)14-4-3-9-25(12-14)21-24-17-8-7-16(27-2)11-19(17)28-21/h5-8,10-11,14H,3-4,9,12H2,1-2H3,(H,23,26). The Morgan fingerprint density at radius 2 is 2.18 bits per heavy atom. The van der Waals surface area contributed by atoms with Crippen molar-refractivity contribution in [1.29, 1.82) is 0 Å². The number of thiazole rings is 1. The minimum Gasteiger partial charge on any atom is -0.497 e. The molecule has 4 rings (SSSR count). The van der Waals surface area contributed by atoms with Gasteiger partial charge in [0.2, 0.25) is 5.91 Å². The molecule has 7 heteroatoms. The number of carbonyl (C=O) groups excluding carboxylic acids is 1. The summed E-state index contributed by atoms with van der Waals surface area (Å²) in [4.78, 5) is 19.8. The smallest absolute Gasteiger partial charge is 0.229 e. The SMILES string of the molecule is COc1ccc2nc(N3CCCC(C(=O)Nc4cc(Cl)ccc4C)C3)sc2c1. The van der Waals surface area contributed by atoms with Crippen molar-refractivity contribution in [3.8, 4) is 5.75 Å². The van der Waals surface area contributed by atoms with Crippen LogP contribution in [0.4, 0.5) is 10.8 Å². The fraction of sp³-hybridized carbons (Fsp3) is 0.333. The van der Waals surface area contributed by atoms with E-state index in [1.54, 1.807) is 24.5 Å². The number of rotatable bonds is 4. The molecule has 0 spiro atoms. The van der Waals surface area contributed by atoms with Crippen LogP contribution in [0.5, 0.6) is 5.75 Å². The first-order valence-electron chi connectivity index (χ1n) is 9.30. The van der Waals surface area contributed by atoms with Crippen LogP contribution in [-0.2, 0) is 4.79 Å². The van der Waals surface area contributed by atoms with Crippen LogP contribution in [-0.4, -0.2) is 31.1 Å². The number of halogens is 1. The van der Waals surface area contributed by atoms with Gasteiger partial charge in [-0.25, -0.2) is 4.98 Å². The predicted octanol–water partition coefficient (Wildman–Crippen LogP) is 5.12. The zero-order chi connectivity index (χ0) is 19.7. The molecule has 0 bridgehead atoms. The summed E-state index contributed by atoms with van der Waals surface area (Å²) in [7, 11) is 1.67. The summed E-state index contributed by atoms with van der Waals surface area (Å²) >= 11 is 7.72. The molecule has 0 aliphatic carbocycles. The van der Waals surface area contributed by atoms with E-state index in [0.717, 1.165) is 51.7 Å². The average Bonchev–Trinajstić information content (AvgIpc) is 3.14. The van der Waals surface area contributed by atoms with E-state index in [0.29, 0.717) is 11.6 Å². The first-order chi connectivity index (χ1) is 13.5. The molecule has 2 aromatic carbocycles. The van der Waals surface area contributed by atoms with Gasteiger partial charge in [0.25, 0.3) is 0 Å². The molecular weight excluding hydrogens is 394 g/mol. The molecule has 1 atom stereocenters. The number of methoxy groups -OCH3 is 1. The fourth-order valence-corrected chi connectivity index (χ4v) is 4.68. The molecule has 5 nitrogen and oxygen atoms in total. The third-order valence-electron chi connectivity index (χ3n) is 5.10. The first kappa shape index (κ1) is 19.0. The minimum absolute atomic E-state index is 0.0397. The summed E-state index contributed by atoms with van der Waals surface area (Å²) in [6.45, 7) is 3.55. The lowest BCUT2D eigenvalue weighted by atomic mass is 9.97. The van der Waals surface area contributed by atoms with Crippen LogP contribution < -0.4 is 15.0 Å². The number of carbonyl (C=O) groups is 1. The number of fused-ring (bicyclic) bond motifs is 1. The van der Waals surface area contributed by atoms with E-state index in [4.69, 9.17) is 21.3 Å². The van der Waals surface area contributed by atoms with Gasteiger partial charge in [-0.1, -0.05) is 29.0 Å². The van der Waals surface area contributed by atoms with Gasteiger partial charge < -0.3 is 15.0 Å². The Morgan fingerprint density at radius 1 is 1.32 bits per heavy atom. The van der Waals surface area contributed by atoms with E-state index in [-0.39, 0.29) is 11.8 Å². The maximum absolute atomic E-state index is 12.8. The molecule has 0 saturated carbocycles. The van der Waals surface area contributed by atoms with Crippen LogP contribution in [0.2, 0.25) is 5.02 Å². The van der Waals surface area contributed by atoms with Gasteiger partial charge in [0, 0.05) is 23.8 Å². The zero-order valence-electron chi connectivity index (χ0n) is 15.9. The number of ether oxygens (including phenoxy) is 1. The Labute approximate surface area is 173 Å². The van der Waals surface area contributed by atoms with Crippen molar-refractivity contribution >= 4 is 49.9 Å². The number of nitrogens with one attached hydrogen (secondary N) is 1. The molecule has 1 aliphatic heterocycles. The van der Waals surface area contributed by atoms with Crippen LogP contribution >= 0.6 is 22.9 Å². The number of nitrogens with zero attached hydrogens (tertiary/aromatic N) is 2. The molecule has 2 heterocycles. The highest BCUT2D eigenvalue weighted by Gasteiger charge is 2.28. The first-order valence-corrected chi connectivity index (χ1v) is 10.5. The van der Waals surface area contributed by atoms with Gasteiger partial charge in [0.05, 0.1) is 23.2 Å². The van der Waals surface area contributed by atoms with Crippen molar-refractivity contribution in [1.82, 2.24) is 4.98 Å². The summed E-state index contributed by atoms with van der Waals surface area (Å²) in [6, 6.07) is 11.5. The van der Waals surface area contributed by atoms with E-state index < -0.39 is 0 Å². The van der Waals surface area contributed by atoms with Gasteiger partial charge in [-0.3, -0.25) is 4.79 Å². The van der Waals surface area contributed by atoms with E-state index in [9.17, 15) is 4.79 Å². The van der Waals surface area contributed by atoms with E-state index in [2.05, 4.69) is 10.2 Å². The molecule has 1 saturated heterocycles. The maximum Gasteiger partial charge on any atom is 0.229 e. The molecule has 1 amide bonds. The van der Waals surface area contributed by atoms with Crippen molar-refractivity contribution in [2.24, 2.45) is 5.92 Å². The molecule has 146 valence electrons. The number of anilines is 2. The second-order valence-electron chi connectivity index (χ2n) is 7.06. The molecule has 1 aromatic heterocycles. The number of benzene rings is 2. The highest BCUT2D eigenvalue weighted by molar-refractivity contribution is 7.22. The monoisotopic (exact) mass is 415 g/mol. The lowest BCUT2D eigenvalue weighted by Crippen LogP contribution is -2.40. The fourth-order valence-electron chi connectivity index (χ4n) is 3.48. The second-order valence-corrected chi connectivity index (χ2v) is 8.51. The Hall–Kier alpha value is -2.31. The number of hydrogen-bond acceptors (Lipinski definition) is 5. The molecule has 1 aliphatic rings. The summed E-state index contributed by atoms with van der Waals surface area (Å²) < 4.78 is 6.40. The highest BCUT2D eigenvalue weighted by Crippen LogP contribution is 2.34. The number of piperidine rings is 1. The van der Waals surface area contributed by atoms with Crippen LogP contribution in [0.15, 0.2) is 36.4 Å². The molecule has 0 radical (unpaired) electrons. The average molecular weight is 416 g/mol. The van der Waals surface area contributed by atoms with Crippen LogP contribution in [0.3, 0.4) is 0 Å². The molecule has 28 heavy (non-hydrogen) atoms. The number of hydrogen-bond donors (Lipinski definition) is 1. The van der Waals surface area contributed by atoms with Crippen molar-refractivity contribution < 1.29 is 9.53 Å². The summed E-state index contributed by atoms with van der Waals surface area (Å²) in [5.41, 5.74) is 2.74. The van der Waals surface area contributed by atoms with Gasteiger partial charge in [0.1, 0.15) is 5.75 Å². The Bertz CT molecular complexity index is 1020. The van der Waals surface area contributed by atoms with E-state index >= 15 is 0 Å². The number of amides is 1. The van der Waals surface area contributed by atoms with Crippen LogP contribution in [0.25, 0.3) is 10.2 Å². The Kier molecular flexibility index (Phi) is 5.42. The minimum atomic E-state index is -0.0753. The van der Waals surface area contributed by atoms with Gasteiger partial charge in [-0.2, -0.15) is 0 Å². The lowest BCUT2D eigenvalue weighted by molar-refractivity contribution is -0.120. The molecule has 1 fully saturated rings. The van der Waals surface area contributed by atoms with E-state index in [1.165, 1.54) is 0 Å². The van der Waals surface area contributed by atoms with Gasteiger partial charge >= 0.3 is 0 Å². The second kappa shape index (κ2) is 7.97. The maximum atomic E-state index is 12.8. The third-order valence-corrected chi connectivity index (χ3v) is 6.42. The quantitative estimate of drug-likeness (QED) is 0.642. The van der Waals surface area contributed by atoms with Crippen molar-refractivity contribution in [3.05, 3.63) is 47.0 Å².